The first-order chi connectivity index (χ1) is 11.5. The number of benzene rings is 2. The highest BCUT2D eigenvalue weighted by atomic mass is 16.5. The first-order valence-corrected chi connectivity index (χ1v) is 7.15. The molecule has 1 N–H and O–H groups in total. The summed E-state index contributed by atoms with van der Waals surface area (Å²) in [5, 5.41) is 9.56. The summed E-state index contributed by atoms with van der Waals surface area (Å²) in [5.74, 6) is -2.40. The molecule has 0 spiro atoms. The number of methoxy groups -OCH3 is 3. The Morgan fingerprint density at radius 2 is 1.46 bits per heavy atom. The summed E-state index contributed by atoms with van der Waals surface area (Å²) < 4.78 is 15.6. The molecule has 0 aliphatic rings. The Bertz CT molecular complexity index is 713. The van der Waals surface area contributed by atoms with Gasteiger partial charge in [-0.2, -0.15) is 0 Å². The van der Waals surface area contributed by atoms with Crippen molar-refractivity contribution in [2.24, 2.45) is 0 Å². The van der Waals surface area contributed by atoms with E-state index in [9.17, 15) is 14.7 Å². The Hall–Kier alpha value is -3.02. The number of rotatable bonds is 7. The highest BCUT2D eigenvalue weighted by molar-refractivity contribution is 6.15. The van der Waals surface area contributed by atoms with Gasteiger partial charge in [0.1, 0.15) is 28.7 Å². The molecule has 6 heteroatoms. The topological polar surface area (TPSA) is 82.1 Å². The highest BCUT2D eigenvalue weighted by Gasteiger charge is 2.33. The third kappa shape index (κ3) is 3.32. The molecule has 2 rings (SSSR count). The molecule has 0 aliphatic heterocycles. The fraction of sp³-hybridized carbons (Fsp3) is 0.222. The van der Waals surface area contributed by atoms with E-state index in [1.54, 1.807) is 30.3 Å². The predicted molar refractivity (Wildman–Crippen MR) is 87.2 cm³/mol. The first kappa shape index (κ1) is 17.3. The molecule has 0 saturated carbocycles. The molecule has 0 aliphatic carbocycles. The second-order valence-corrected chi connectivity index (χ2v) is 4.95. The Kier molecular flexibility index (Phi) is 5.42. The number of ether oxygens (including phenoxy) is 3. The van der Waals surface area contributed by atoms with Gasteiger partial charge in [-0.15, -0.1) is 0 Å². The SMILES string of the molecule is COc1cc(OC)c(C(=O)C(C(=O)O)c2ccccc2)c(OC)c1. The normalized spacial score (nSPS) is 11.5. The van der Waals surface area contributed by atoms with Crippen molar-refractivity contribution < 1.29 is 28.9 Å². The van der Waals surface area contributed by atoms with Crippen LogP contribution in [-0.2, 0) is 4.79 Å². The molecular weight excluding hydrogens is 312 g/mol. The van der Waals surface area contributed by atoms with Gasteiger partial charge in [-0.25, -0.2) is 0 Å². The van der Waals surface area contributed by atoms with E-state index in [4.69, 9.17) is 14.2 Å². The second-order valence-electron chi connectivity index (χ2n) is 4.95. The van der Waals surface area contributed by atoms with Crippen LogP contribution in [0.5, 0.6) is 17.2 Å². The summed E-state index contributed by atoms with van der Waals surface area (Å²) in [7, 11) is 4.26. The third-order valence-corrected chi connectivity index (χ3v) is 3.60. The van der Waals surface area contributed by atoms with Crippen LogP contribution in [-0.4, -0.2) is 38.2 Å². The summed E-state index contributed by atoms with van der Waals surface area (Å²) >= 11 is 0. The molecule has 0 fully saturated rings. The minimum absolute atomic E-state index is 0.0667. The second kappa shape index (κ2) is 7.50. The highest BCUT2D eigenvalue weighted by Crippen LogP contribution is 2.37. The standard InChI is InChI=1S/C18H18O6/c1-22-12-9-13(23-2)16(14(10-12)24-3)17(19)15(18(20)21)11-7-5-4-6-8-11/h4-10,15H,1-3H3,(H,20,21). The van der Waals surface area contributed by atoms with Crippen molar-refractivity contribution in [1.82, 2.24) is 0 Å². The fourth-order valence-corrected chi connectivity index (χ4v) is 2.44. The largest absolute Gasteiger partial charge is 0.496 e. The molecule has 24 heavy (non-hydrogen) atoms. The quantitative estimate of drug-likeness (QED) is 0.621. The van der Waals surface area contributed by atoms with Crippen LogP contribution in [0.25, 0.3) is 0 Å². The van der Waals surface area contributed by atoms with Gasteiger partial charge in [0, 0.05) is 12.1 Å². The van der Waals surface area contributed by atoms with Gasteiger partial charge in [0.15, 0.2) is 5.78 Å². The minimum atomic E-state index is -1.36. The summed E-state index contributed by atoms with van der Waals surface area (Å²) in [4.78, 5) is 24.7. The van der Waals surface area contributed by atoms with Gasteiger partial charge in [-0.1, -0.05) is 30.3 Å². The van der Waals surface area contributed by atoms with E-state index in [0.29, 0.717) is 11.3 Å². The van der Waals surface area contributed by atoms with Crippen molar-refractivity contribution in [1.29, 1.82) is 0 Å². The van der Waals surface area contributed by atoms with Crippen molar-refractivity contribution in [3.63, 3.8) is 0 Å². The molecule has 0 saturated heterocycles. The average molecular weight is 330 g/mol. The van der Waals surface area contributed by atoms with E-state index >= 15 is 0 Å². The monoisotopic (exact) mass is 330 g/mol. The number of carboxylic acids is 1. The molecule has 0 radical (unpaired) electrons. The predicted octanol–water partition coefficient (Wildman–Crippen LogP) is 2.76. The maximum absolute atomic E-state index is 13.0. The number of aliphatic carboxylic acids is 1. The zero-order valence-corrected chi connectivity index (χ0v) is 13.6. The van der Waals surface area contributed by atoms with Crippen molar-refractivity contribution >= 4 is 11.8 Å². The lowest BCUT2D eigenvalue weighted by atomic mass is 9.89. The van der Waals surface area contributed by atoms with Crippen LogP contribution >= 0.6 is 0 Å². The number of carbonyl (C=O) groups excluding carboxylic acids is 1. The average Bonchev–Trinajstić information content (AvgIpc) is 2.60. The maximum Gasteiger partial charge on any atom is 0.318 e. The van der Waals surface area contributed by atoms with Gasteiger partial charge in [-0.05, 0) is 5.56 Å². The molecule has 126 valence electrons. The number of ketones is 1. The number of hydrogen-bond donors (Lipinski definition) is 1. The van der Waals surface area contributed by atoms with Crippen LogP contribution in [0.1, 0.15) is 21.8 Å². The molecule has 1 atom stereocenters. The van der Waals surface area contributed by atoms with Crippen molar-refractivity contribution in [3.8, 4) is 17.2 Å². The summed E-state index contributed by atoms with van der Waals surface area (Å²) in [6, 6.07) is 11.3. The lowest BCUT2D eigenvalue weighted by Gasteiger charge is -2.17. The molecule has 6 nitrogen and oxygen atoms in total. The van der Waals surface area contributed by atoms with Crippen LogP contribution in [0.15, 0.2) is 42.5 Å². The molecule has 2 aromatic rings. The summed E-state index contributed by atoms with van der Waals surface area (Å²) in [5.41, 5.74) is 0.451. The third-order valence-electron chi connectivity index (χ3n) is 3.60. The van der Waals surface area contributed by atoms with E-state index in [1.807, 2.05) is 0 Å². The zero-order valence-electron chi connectivity index (χ0n) is 13.6. The fourth-order valence-electron chi connectivity index (χ4n) is 2.44. The van der Waals surface area contributed by atoms with Crippen LogP contribution < -0.4 is 14.2 Å². The lowest BCUT2D eigenvalue weighted by molar-refractivity contribution is -0.137. The van der Waals surface area contributed by atoms with Crippen molar-refractivity contribution in [2.45, 2.75) is 5.92 Å². The first-order valence-electron chi connectivity index (χ1n) is 7.15. The zero-order chi connectivity index (χ0) is 17.7. The van der Waals surface area contributed by atoms with Gasteiger partial charge in [0.25, 0.3) is 0 Å². The van der Waals surface area contributed by atoms with E-state index in [2.05, 4.69) is 0 Å². The van der Waals surface area contributed by atoms with E-state index in [-0.39, 0.29) is 17.1 Å². The van der Waals surface area contributed by atoms with E-state index in [0.717, 1.165) is 0 Å². The van der Waals surface area contributed by atoms with Gasteiger partial charge in [0.2, 0.25) is 0 Å². The Morgan fingerprint density at radius 1 is 0.917 bits per heavy atom. The van der Waals surface area contributed by atoms with Crippen LogP contribution in [0.2, 0.25) is 0 Å². The molecule has 2 aromatic carbocycles. The van der Waals surface area contributed by atoms with Crippen LogP contribution in [0, 0.1) is 0 Å². The Labute approximate surface area is 139 Å². The number of carboxylic acid groups (broad SMARTS) is 1. The van der Waals surface area contributed by atoms with Crippen LogP contribution in [0.4, 0.5) is 0 Å². The van der Waals surface area contributed by atoms with Crippen molar-refractivity contribution in [2.75, 3.05) is 21.3 Å². The van der Waals surface area contributed by atoms with E-state index < -0.39 is 17.7 Å². The summed E-state index contributed by atoms with van der Waals surface area (Å²) in [6.07, 6.45) is 0. The van der Waals surface area contributed by atoms with Gasteiger partial charge >= 0.3 is 5.97 Å². The van der Waals surface area contributed by atoms with Gasteiger partial charge in [0.05, 0.1) is 21.3 Å². The smallest absolute Gasteiger partial charge is 0.318 e. The molecule has 0 aromatic heterocycles. The lowest BCUT2D eigenvalue weighted by Crippen LogP contribution is -2.23. The van der Waals surface area contributed by atoms with Gasteiger partial charge in [-0.3, -0.25) is 9.59 Å². The molecular formula is C18H18O6. The van der Waals surface area contributed by atoms with E-state index in [1.165, 1.54) is 33.5 Å². The molecule has 0 heterocycles. The number of hydrogen-bond acceptors (Lipinski definition) is 5. The molecule has 0 bridgehead atoms. The molecule has 0 amide bonds. The number of carbonyl (C=O) groups is 2. The maximum atomic E-state index is 13.0. The summed E-state index contributed by atoms with van der Waals surface area (Å²) in [6.45, 7) is 0. The van der Waals surface area contributed by atoms with Crippen molar-refractivity contribution in [3.05, 3.63) is 53.6 Å². The van der Waals surface area contributed by atoms with Crippen LogP contribution in [0.3, 0.4) is 0 Å². The minimum Gasteiger partial charge on any atom is -0.496 e. The Morgan fingerprint density at radius 3 is 1.88 bits per heavy atom. The Balaban J connectivity index is 2.60. The van der Waals surface area contributed by atoms with Gasteiger partial charge < -0.3 is 19.3 Å². The molecule has 1 unspecified atom stereocenters. The number of Topliss-reactive ketones (excluding diaryl/α,β-unsaturated/α-hetero) is 1.